The first-order valence-corrected chi connectivity index (χ1v) is 9.89. The minimum atomic E-state index is 0.0521. The molecule has 2 aromatic rings. The van der Waals surface area contributed by atoms with Crippen LogP contribution in [0.4, 0.5) is 0 Å². The maximum absolute atomic E-state index is 13.1. The first-order valence-electron chi connectivity index (χ1n) is 9.89. The molecule has 3 fully saturated rings. The van der Waals surface area contributed by atoms with Crippen LogP contribution in [0.1, 0.15) is 34.7 Å². The lowest BCUT2D eigenvalue weighted by atomic mass is 9.95. The summed E-state index contributed by atoms with van der Waals surface area (Å²) in [5.74, 6) is 1.92. The summed E-state index contributed by atoms with van der Waals surface area (Å²) >= 11 is 0. The Morgan fingerprint density at radius 1 is 1.07 bits per heavy atom. The highest BCUT2D eigenvalue weighted by atomic mass is 16.4. The number of amides is 1. The second kappa shape index (κ2) is 7.87. The third-order valence-electron chi connectivity index (χ3n) is 5.64. The number of furan rings is 1. The van der Waals surface area contributed by atoms with E-state index >= 15 is 0 Å². The fraction of sp³-hybridized carbons (Fsp3) is 0.500. The summed E-state index contributed by atoms with van der Waals surface area (Å²) in [4.78, 5) is 19.7. The van der Waals surface area contributed by atoms with Gasteiger partial charge in [-0.15, -0.1) is 0 Å². The third kappa shape index (κ3) is 4.25. The number of carbonyl (C=O) groups is 1. The van der Waals surface area contributed by atoms with Crippen LogP contribution in [0, 0.1) is 5.92 Å². The van der Waals surface area contributed by atoms with E-state index in [2.05, 4.69) is 40.1 Å². The first-order chi connectivity index (χ1) is 13.1. The van der Waals surface area contributed by atoms with Gasteiger partial charge in [0.05, 0.1) is 6.54 Å². The maximum atomic E-state index is 13.1. The molecule has 0 unspecified atom stereocenters. The van der Waals surface area contributed by atoms with Crippen LogP contribution in [-0.4, -0.2) is 60.4 Å². The second-order valence-electron chi connectivity index (χ2n) is 8.24. The fourth-order valence-electron chi connectivity index (χ4n) is 4.43. The number of fused-ring (bicyclic) bond motifs is 4. The molecule has 2 atom stereocenters. The molecule has 144 valence electrons. The number of benzene rings is 1. The van der Waals surface area contributed by atoms with Crippen molar-refractivity contribution in [2.24, 2.45) is 5.92 Å². The summed E-state index contributed by atoms with van der Waals surface area (Å²) in [5.41, 5.74) is 1.34. The van der Waals surface area contributed by atoms with Gasteiger partial charge in [-0.2, -0.15) is 0 Å². The van der Waals surface area contributed by atoms with E-state index in [1.54, 1.807) is 0 Å². The molecule has 5 rings (SSSR count). The van der Waals surface area contributed by atoms with Crippen LogP contribution in [0.25, 0.3) is 0 Å². The fourth-order valence-corrected chi connectivity index (χ4v) is 4.43. The lowest BCUT2D eigenvalue weighted by Crippen LogP contribution is -2.47. The van der Waals surface area contributed by atoms with Crippen LogP contribution in [0.5, 0.6) is 0 Å². The van der Waals surface area contributed by atoms with Crippen LogP contribution < -0.4 is 0 Å². The van der Waals surface area contributed by atoms with Crippen molar-refractivity contribution in [2.45, 2.75) is 32.0 Å². The van der Waals surface area contributed by atoms with Gasteiger partial charge < -0.3 is 14.2 Å². The molecule has 3 saturated heterocycles. The monoisotopic (exact) mass is 367 g/mol. The van der Waals surface area contributed by atoms with Crippen molar-refractivity contribution in [2.75, 3.05) is 33.7 Å². The molecule has 0 saturated carbocycles. The molecular formula is C22H29N3O2. The lowest BCUT2D eigenvalue weighted by Gasteiger charge is -2.35. The molecule has 3 aliphatic heterocycles. The quantitative estimate of drug-likeness (QED) is 0.814. The summed E-state index contributed by atoms with van der Waals surface area (Å²) in [6.07, 6.45) is 2.30. The van der Waals surface area contributed by atoms with Gasteiger partial charge in [-0.1, -0.05) is 30.3 Å². The van der Waals surface area contributed by atoms with Crippen LogP contribution >= 0.6 is 0 Å². The molecule has 0 radical (unpaired) electrons. The van der Waals surface area contributed by atoms with Crippen LogP contribution in [0.3, 0.4) is 0 Å². The predicted molar refractivity (Wildman–Crippen MR) is 105 cm³/mol. The highest BCUT2D eigenvalue weighted by Crippen LogP contribution is 2.30. The normalized spacial score (nSPS) is 23.0. The van der Waals surface area contributed by atoms with Crippen LogP contribution in [0.15, 0.2) is 46.9 Å². The van der Waals surface area contributed by atoms with Crippen LogP contribution in [-0.2, 0) is 13.1 Å². The van der Waals surface area contributed by atoms with Gasteiger partial charge in [0.1, 0.15) is 5.76 Å². The number of rotatable bonds is 5. The summed E-state index contributed by atoms with van der Waals surface area (Å²) < 4.78 is 5.83. The van der Waals surface area contributed by atoms with E-state index in [0.29, 0.717) is 18.2 Å². The summed E-state index contributed by atoms with van der Waals surface area (Å²) in [5, 5.41) is 0. The number of piperidine rings is 1. The average molecular weight is 367 g/mol. The van der Waals surface area contributed by atoms with Crippen molar-refractivity contribution >= 4 is 5.91 Å². The molecule has 1 aromatic carbocycles. The van der Waals surface area contributed by atoms with E-state index in [0.717, 1.165) is 38.4 Å². The molecule has 0 spiro atoms. The minimum Gasteiger partial charge on any atom is -0.455 e. The summed E-state index contributed by atoms with van der Waals surface area (Å²) in [6.45, 7) is 4.54. The van der Waals surface area contributed by atoms with Crippen molar-refractivity contribution in [1.82, 2.24) is 14.7 Å². The van der Waals surface area contributed by atoms with Gasteiger partial charge in [0, 0.05) is 32.2 Å². The number of nitrogens with zero attached hydrogens (tertiary/aromatic N) is 3. The Morgan fingerprint density at radius 3 is 2.67 bits per heavy atom. The van der Waals surface area contributed by atoms with Gasteiger partial charge in [-0.3, -0.25) is 9.69 Å². The van der Waals surface area contributed by atoms with Gasteiger partial charge in [0.15, 0.2) is 5.76 Å². The third-order valence-corrected chi connectivity index (χ3v) is 5.64. The number of hydrogen-bond acceptors (Lipinski definition) is 4. The topological polar surface area (TPSA) is 39.9 Å². The zero-order valence-electron chi connectivity index (χ0n) is 16.3. The zero-order valence-corrected chi connectivity index (χ0v) is 16.3. The number of hydrogen-bond donors (Lipinski definition) is 0. The summed E-state index contributed by atoms with van der Waals surface area (Å²) in [6, 6.07) is 14.7. The van der Waals surface area contributed by atoms with Crippen molar-refractivity contribution < 1.29 is 9.21 Å². The minimum absolute atomic E-state index is 0.0521. The van der Waals surface area contributed by atoms with E-state index in [1.807, 2.05) is 31.1 Å². The number of carbonyl (C=O) groups excluding carboxylic acids is 1. The molecule has 0 N–H and O–H groups in total. The Labute approximate surface area is 161 Å². The highest BCUT2D eigenvalue weighted by molar-refractivity contribution is 5.92. The second-order valence-corrected chi connectivity index (χ2v) is 8.24. The van der Waals surface area contributed by atoms with Gasteiger partial charge >= 0.3 is 0 Å². The molecule has 5 nitrogen and oxygen atoms in total. The predicted octanol–water partition coefficient (Wildman–Crippen LogP) is 3.08. The summed E-state index contributed by atoms with van der Waals surface area (Å²) in [7, 11) is 4.00. The Hall–Kier alpha value is -2.11. The molecule has 5 heteroatoms. The van der Waals surface area contributed by atoms with Crippen molar-refractivity contribution in [3.05, 3.63) is 59.5 Å². The molecule has 3 aliphatic rings. The zero-order chi connectivity index (χ0) is 18.8. The van der Waals surface area contributed by atoms with E-state index in [1.165, 1.54) is 12.0 Å². The standard InChI is InChI=1S/C22H29N3O2/c1-23(2)16-20-10-11-21(27-20)22(26)25-14-18-8-9-19(25)15-24(13-18)12-17-6-4-3-5-7-17/h3-7,10-11,18-19H,8-9,12-16H2,1-2H3/t18-,19+/m0/s1. The van der Waals surface area contributed by atoms with Crippen molar-refractivity contribution in [3.8, 4) is 0 Å². The van der Waals surface area contributed by atoms with Crippen LogP contribution in [0.2, 0.25) is 0 Å². The van der Waals surface area contributed by atoms with Gasteiger partial charge in [-0.25, -0.2) is 0 Å². The van der Waals surface area contributed by atoms with Gasteiger partial charge in [0.2, 0.25) is 0 Å². The highest BCUT2D eigenvalue weighted by Gasteiger charge is 2.38. The Morgan fingerprint density at radius 2 is 1.89 bits per heavy atom. The average Bonchev–Trinajstić information content (AvgIpc) is 2.93. The Balaban J connectivity index is 1.45. The maximum Gasteiger partial charge on any atom is 0.289 e. The molecule has 1 amide bonds. The molecule has 2 bridgehead atoms. The molecular weight excluding hydrogens is 338 g/mol. The largest absolute Gasteiger partial charge is 0.455 e. The lowest BCUT2D eigenvalue weighted by molar-refractivity contribution is 0.0549. The molecule has 4 heterocycles. The smallest absolute Gasteiger partial charge is 0.289 e. The van der Waals surface area contributed by atoms with Gasteiger partial charge in [0.25, 0.3) is 5.91 Å². The first kappa shape index (κ1) is 18.3. The van der Waals surface area contributed by atoms with E-state index < -0.39 is 0 Å². The Bertz CT molecular complexity index is 771. The SMILES string of the molecule is CN(C)Cc1ccc(C(=O)N2C[C@H]3CC[C@@H]2CN(Cc2ccccc2)C3)o1. The van der Waals surface area contributed by atoms with E-state index in [-0.39, 0.29) is 11.9 Å². The molecule has 27 heavy (non-hydrogen) atoms. The van der Waals surface area contributed by atoms with Crippen molar-refractivity contribution in [3.63, 3.8) is 0 Å². The Kier molecular flexibility index (Phi) is 5.32. The van der Waals surface area contributed by atoms with Crippen molar-refractivity contribution in [1.29, 1.82) is 0 Å². The van der Waals surface area contributed by atoms with E-state index in [4.69, 9.17) is 4.42 Å². The molecule has 0 aliphatic carbocycles. The van der Waals surface area contributed by atoms with Gasteiger partial charge in [-0.05, 0) is 50.6 Å². The molecule has 1 aromatic heterocycles. The van der Waals surface area contributed by atoms with E-state index in [9.17, 15) is 4.79 Å².